The molecule has 5 nitrogen and oxygen atoms in total. The summed E-state index contributed by atoms with van der Waals surface area (Å²) in [6.45, 7) is 6.40. The first-order valence-electron chi connectivity index (χ1n) is 6.23. The number of allylic oxidation sites excluding steroid dienone is 2. The van der Waals surface area contributed by atoms with Crippen molar-refractivity contribution >= 4 is 0 Å². The van der Waals surface area contributed by atoms with E-state index < -0.39 is 0 Å². The monoisotopic (exact) mass is 257 g/mol. The quantitative estimate of drug-likeness (QED) is 0.593. The van der Waals surface area contributed by atoms with Gasteiger partial charge in [-0.2, -0.15) is 0 Å². The summed E-state index contributed by atoms with van der Waals surface area (Å²) in [5.41, 5.74) is 1.07. The molecule has 0 saturated carbocycles. The summed E-state index contributed by atoms with van der Waals surface area (Å²) in [6, 6.07) is 0. The van der Waals surface area contributed by atoms with E-state index in [0.717, 1.165) is 18.0 Å². The van der Waals surface area contributed by atoms with Crippen molar-refractivity contribution in [3.05, 3.63) is 23.6 Å². The normalized spacial score (nSPS) is 14.8. The number of dihydropyridines is 1. The summed E-state index contributed by atoms with van der Waals surface area (Å²) in [5, 5.41) is 3.21. The standard InChI is InChI=1S/C13H23NO4/c1-12-13(4-3-5-14-12)18-11-10-17-9-8-16-7-6-15-2/h3-4,14H,5-11H2,1-2H3. The summed E-state index contributed by atoms with van der Waals surface area (Å²) >= 11 is 0. The Hall–Kier alpha value is -1.04. The number of hydrogen-bond acceptors (Lipinski definition) is 5. The molecular weight excluding hydrogens is 234 g/mol. The van der Waals surface area contributed by atoms with E-state index in [1.54, 1.807) is 7.11 Å². The van der Waals surface area contributed by atoms with Crippen LogP contribution < -0.4 is 5.32 Å². The third kappa shape index (κ3) is 6.64. The SMILES string of the molecule is COCCOCCOCCOC1=C(C)NCC=C1. The van der Waals surface area contributed by atoms with Gasteiger partial charge in [0.1, 0.15) is 12.4 Å². The maximum Gasteiger partial charge on any atom is 0.137 e. The van der Waals surface area contributed by atoms with Crippen molar-refractivity contribution in [1.82, 2.24) is 5.32 Å². The highest BCUT2D eigenvalue weighted by Gasteiger charge is 2.03. The lowest BCUT2D eigenvalue weighted by Crippen LogP contribution is -2.18. The smallest absolute Gasteiger partial charge is 0.137 e. The summed E-state index contributed by atoms with van der Waals surface area (Å²) in [5.74, 6) is 0.890. The molecule has 18 heavy (non-hydrogen) atoms. The molecule has 0 bridgehead atoms. The van der Waals surface area contributed by atoms with Crippen molar-refractivity contribution in [1.29, 1.82) is 0 Å². The Kier molecular flexibility index (Phi) is 8.29. The van der Waals surface area contributed by atoms with Gasteiger partial charge in [-0.05, 0) is 13.0 Å². The minimum Gasteiger partial charge on any atom is -0.489 e. The second kappa shape index (κ2) is 9.94. The molecule has 0 unspecified atom stereocenters. The number of rotatable bonds is 10. The molecule has 0 amide bonds. The van der Waals surface area contributed by atoms with Crippen LogP contribution in [0.3, 0.4) is 0 Å². The number of ether oxygens (including phenoxy) is 4. The van der Waals surface area contributed by atoms with Crippen molar-refractivity contribution in [3.8, 4) is 0 Å². The van der Waals surface area contributed by atoms with Crippen molar-refractivity contribution in [3.63, 3.8) is 0 Å². The zero-order valence-corrected chi connectivity index (χ0v) is 11.2. The van der Waals surface area contributed by atoms with E-state index in [2.05, 4.69) is 5.32 Å². The molecule has 1 heterocycles. The maximum absolute atomic E-state index is 5.58. The predicted octanol–water partition coefficient (Wildman–Crippen LogP) is 1.07. The van der Waals surface area contributed by atoms with Crippen LogP contribution in [0.15, 0.2) is 23.6 Å². The molecule has 1 rings (SSSR count). The van der Waals surface area contributed by atoms with Gasteiger partial charge in [0.05, 0.1) is 38.7 Å². The summed E-state index contributed by atoms with van der Waals surface area (Å²) in [4.78, 5) is 0. The van der Waals surface area contributed by atoms with Gasteiger partial charge in [0, 0.05) is 13.7 Å². The summed E-state index contributed by atoms with van der Waals surface area (Å²) < 4.78 is 21.1. The van der Waals surface area contributed by atoms with Crippen LogP contribution in [0.2, 0.25) is 0 Å². The van der Waals surface area contributed by atoms with E-state index in [0.29, 0.717) is 39.6 Å². The molecule has 0 spiro atoms. The molecule has 5 heteroatoms. The molecule has 0 aliphatic carbocycles. The predicted molar refractivity (Wildman–Crippen MR) is 69.3 cm³/mol. The lowest BCUT2D eigenvalue weighted by Gasteiger charge is -2.15. The van der Waals surface area contributed by atoms with Gasteiger partial charge in [-0.3, -0.25) is 0 Å². The van der Waals surface area contributed by atoms with Crippen molar-refractivity contribution in [2.45, 2.75) is 6.92 Å². The van der Waals surface area contributed by atoms with Gasteiger partial charge in [0.15, 0.2) is 0 Å². The third-order valence-corrected chi connectivity index (χ3v) is 2.41. The van der Waals surface area contributed by atoms with Crippen LogP contribution in [0.1, 0.15) is 6.92 Å². The molecule has 0 fully saturated rings. The van der Waals surface area contributed by atoms with Crippen LogP contribution in [0, 0.1) is 0 Å². The Morgan fingerprint density at radius 2 is 1.72 bits per heavy atom. The van der Waals surface area contributed by atoms with E-state index in [-0.39, 0.29) is 0 Å². The second-order valence-electron chi connectivity index (χ2n) is 3.84. The Balaban J connectivity index is 1.91. The summed E-state index contributed by atoms with van der Waals surface area (Å²) in [7, 11) is 1.66. The zero-order valence-electron chi connectivity index (χ0n) is 11.2. The van der Waals surface area contributed by atoms with E-state index in [1.807, 2.05) is 19.1 Å². The molecule has 0 saturated heterocycles. The first-order chi connectivity index (χ1) is 8.84. The van der Waals surface area contributed by atoms with Crippen molar-refractivity contribution in [2.75, 3.05) is 53.3 Å². The topological polar surface area (TPSA) is 49.0 Å². The molecule has 104 valence electrons. The molecule has 0 aromatic heterocycles. The highest BCUT2D eigenvalue weighted by molar-refractivity contribution is 5.22. The Morgan fingerprint density at radius 1 is 1.06 bits per heavy atom. The number of nitrogens with one attached hydrogen (secondary N) is 1. The fourth-order valence-corrected chi connectivity index (χ4v) is 1.42. The number of hydrogen-bond donors (Lipinski definition) is 1. The van der Waals surface area contributed by atoms with Gasteiger partial charge in [-0.1, -0.05) is 6.08 Å². The lowest BCUT2D eigenvalue weighted by atomic mass is 10.3. The van der Waals surface area contributed by atoms with Crippen LogP contribution >= 0.6 is 0 Å². The van der Waals surface area contributed by atoms with E-state index >= 15 is 0 Å². The minimum atomic E-state index is 0.552. The van der Waals surface area contributed by atoms with Gasteiger partial charge < -0.3 is 24.3 Å². The second-order valence-corrected chi connectivity index (χ2v) is 3.84. The van der Waals surface area contributed by atoms with Crippen LogP contribution in [0.4, 0.5) is 0 Å². The van der Waals surface area contributed by atoms with Crippen molar-refractivity contribution < 1.29 is 18.9 Å². The van der Waals surface area contributed by atoms with Gasteiger partial charge in [0.2, 0.25) is 0 Å². The van der Waals surface area contributed by atoms with Crippen LogP contribution in [0.5, 0.6) is 0 Å². The fourth-order valence-electron chi connectivity index (χ4n) is 1.42. The third-order valence-electron chi connectivity index (χ3n) is 2.41. The first kappa shape index (κ1) is 15.0. The molecule has 1 N–H and O–H groups in total. The van der Waals surface area contributed by atoms with Gasteiger partial charge in [-0.25, -0.2) is 0 Å². The average molecular weight is 257 g/mol. The minimum absolute atomic E-state index is 0.552. The molecule has 0 aromatic rings. The maximum atomic E-state index is 5.58. The molecule has 1 aliphatic heterocycles. The molecule has 0 aromatic carbocycles. The van der Waals surface area contributed by atoms with Crippen LogP contribution in [0.25, 0.3) is 0 Å². The molecule has 0 atom stereocenters. The van der Waals surface area contributed by atoms with Gasteiger partial charge in [0.25, 0.3) is 0 Å². The number of methoxy groups -OCH3 is 1. The largest absolute Gasteiger partial charge is 0.489 e. The highest BCUT2D eigenvalue weighted by atomic mass is 16.6. The summed E-state index contributed by atoms with van der Waals surface area (Å²) in [6.07, 6.45) is 4.02. The van der Waals surface area contributed by atoms with Crippen LogP contribution in [-0.2, 0) is 18.9 Å². The van der Waals surface area contributed by atoms with E-state index in [4.69, 9.17) is 18.9 Å². The molecule has 0 radical (unpaired) electrons. The van der Waals surface area contributed by atoms with E-state index in [9.17, 15) is 0 Å². The van der Waals surface area contributed by atoms with Crippen LogP contribution in [-0.4, -0.2) is 53.3 Å². The van der Waals surface area contributed by atoms with Gasteiger partial charge >= 0.3 is 0 Å². The van der Waals surface area contributed by atoms with Gasteiger partial charge in [-0.15, -0.1) is 0 Å². The fraction of sp³-hybridized carbons (Fsp3) is 0.692. The van der Waals surface area contributed by atoms with Crippen molar-refractivity contribution in [2.24, 2.45) is 0 Å². The Morgan fingerprint density at radius 3 is 2.39 bits per heavy atom. The first-order valence-corrected chi connectivity index (χ1v) is 6.23. The Labute approximate surface area is 109 Å². The molecule has 1 aliphatic rings. The highest BCUT2D eigenvalue weighted by Crippen LogP contribution is 2.08. The molecular formula is C13H23NO4. The average Bonchev–Trinajstić information content (AvgIpc) is 2.39. The van der Waals surface area contributed by atoms with E-state index in [1.165, 1.54) is 0 Å². The Bertz CT molecular complexity index is 276. The zero-order chi connectivity index (χ0) is 13.1. The lowest BCUT2D eigenvalue weighted by molar-refractivity contribution is 0.0125.